The third-order valence-electron chi connectivity index (χ3n) is 7.21. The van der Waals surface area contributed by atoms with Crippen LogP contribution in [0.15, 0.2) is 36.4 Å². The summed E-state index contributed by atoms with van der Waals surface area (Å²) in [7, 11) is 0. The fraction of sp³-hybridized carbons (Fsp3) is 0.593. The van der Waals surface area contributed by atoms with Crippen molar-refractivity contribution in [3.8, 4) is 5.75 Å². The standard InChI is InChI=1S/C27H37NO4/c1-27(2,3)22-9-12-23(13-10-22)31-24-11-8-20-15-19(6-7-21(20)16-24)17-28-14-4-5-25(18-28)32-26(29)30/h6-8,11,15-16,22-23,25H,4-5,9-10,12-14,17-18H2,1-3H3,(H,29,30)/t22-,23-,25-/m1/s1. The highest BCUT2D eigenvalue weighted by atomic mass is 16.7. The van der Waals surface area contributed by atoms with Gasteiger partial charge < -0.3 is 14.6 Å². The summed E-state index contributed by atoms with van der Waals surface area (Å²) in [6.07, 6.45) is 5.47. The predicted molar refractivity (Wildman–Crippen MR) is 127 cm³/mol. The van der Waals surface area contributed by atoms with Crippen molar-refractivity contribution in [2.75, 3.05) is 13.1 Å². The largest absolute Gasteiger partial charge is 0.506 e. The van der Waals surface area contributed by atoms with Crippen molar-refractivity contribution >= 4 is 16.9 Å². The Kier molecular flexibility index (Phi) is 6.94. The van der Waals surface area contributed by atoms with E-state index in [1.165, 1.54) is 29.2 Å². The first-order valence-electron chi connectivity index (χ1n) is 12.1. The van der Waals surface area contributed by atoms with Crippen molar-refractivity contribution in [1.29, 1.82) is 0 Å². The van der Waals surface area contributed by atoms with Gasteiger partial charge in [-0.25, -0.2) is 4.79 Å². The molecule has 1 saturated heterocycles. The number of fused-ring (bicyclic) bond motifs is 1. The number of nitrogens with zero attached hydrogens (tertiary/aromatic N) is 1. The molecule has 2 fully saturated rings. The van der Waals surface area contributed by atoms with Gasteiger partial charge >= 0.3 is 6.16 Å². The summed E-state index contributed by atoms with van der Waals surface area (Å²) in [5, 5.41) is 11.3. The fourth-order valence-electron chi connectivity index (χ4n) is 5.34. The number of hydrogen-bond acceptors (Lipinski definition) is 4. The lowest BCUT2D eigenvalue weighted by molar-refractivity contribution is 0.0117. The van der Waals surface area contributed by atoms with Gasteiger partial charge in [0.05, 0.1) is 6.10 Å². The van der Waals surface area contributed by atoms with Crippen molar-refractivity contribution in [3.63, 3.8) is 0 Å². The van der Waals surface area contributed by atoms with Gasteiger partial charge in [0.25, 0.3) is 0 Å². The first-order valence-corrected chi connectivity index (χ1v) is 12.1. The molecule has 1 aliphatic carbocycles. The highest BCUT2D eigenvalue weighted by Gasteiger charge is 2.30. The van der Waals surface area contributed by atoms with E-state index in [0.29, 0.717) is 18.1 Å². The van der Waals surface area contributed by atoms with E-state index >= 15 is 0 Å². The second-order valence-electron chi connectivity index (χ2n) is 10.7. The molecule has 2 aromatic carbocycles. The first-order chi connectivity index (χ1) is 15.3. The number of carboxylic acid groups (broad SMARTS) is 1. The van der Waals surface area contributed by atoms with Gasteiger partial charge in [-0.1, -0.05) is 39.0 Å². The molecule has 0 spiro atoms. The molecule has 0 unspecified atom stereocenters. The van der Waals surface area contributed by atoms with Gasteiger partial charge in [-0.15, -0.1) is 0 Å². The molecule has 0 bridgehead atoms. The van der Waals surface area contributed by atoms with E-state index in [2.05, 4.69) is 62.1 Å². The van der Waals surface area contributed by atoms with Crippen LogP contribution in [-0.2, 0) is 11.3 Å². The third kappa shape index (κ3) is 5.94. The SMILES string of the molecule is CC(C)(C)[C@H]1CC[C@H](Oc2ccc3cc(CN4CCC[C@@H](OC(=O)O)C4)ccc3c2)CC1. The Labute approximate surface area is 191 Å². The van der Waals surface area contributed by atoms with Crippen LogP contribution in [0.25, 0.3) is 10.8 Å². The van der Waals surface area contributed by atoms with Crippen molar-refractivity contribution in [1.82, 2.24) is 4.90 Å². The van der Waals surface area contributed by atoms with Gasteiger partial charge in [0.1, 0.15) is 11.9 Å². The molecule has 0 aromatic heterocycles. The molecule has 0 radical (unpaired) electrons. The molecule has 1 aliphatic heterocycles. The zero-order valence-electron chi connectivity index (χ0n) is 19.7. The molecule has 5 nitrogen and oxygen atoms in total. The molecule has 0 amide bonds. The Balaban J connectivity index is 1.35. The molecule has 5 heteroatoms. The van der Waals surface area contributed by atoms with Gasteiger partial charge in [-0.05, 0) is 90.9 Å². The summed E-state index contributed by atoms with van der Waals surface area (Å²) in [4.78, 5) is 13.1. The Morgan fingerprint density at radius 2 is 1.72 bits per heavy atom. The van der Waals surface area contributed by atoms with Crippen LogP contribution in [0.4, 0.5) is 4.79 Å². The maximum atomic E-state index is 10.8. The Hall–Kier alpha value is -2.27. The molecular formula is C27H37NO4. The van der Waals surface area contributed by atoms with E-state index < -0.39 is 6.16 Å². The molecule has 1 N–H and O–H groups in total. The van der Waals surface area contributed by atoms with E-state index in [9.17, 15) is 4.79 Å². The minimum atomic E-state index is -1.18. The zero-order valence-corrected chi connectivity index (χ0v) is 19.7. The van der Waals surface area contributed by atoms with Crippen LogP contribution < -0.4 is 4.74 Å². The monoisotopic (exact) mass is 439 g/mol. The Morgan fingerprint density at radius 1 is 1.00 bits per heavy atom. The minimum absolute atomic E-state index is 0.222. The number of piperidine rings is 1. The lowest BCUT2D eigenvalue weighted by atomic mass is 9.72. The van der Waals surface area contributed by atoms with Crippen molar-refractivity contribution in [2.24, 2.45) is 11.3 Å². The normalized spacial score (nSPS) is 24.9. The average molecular weight is 440 g/mol. The molecule has 1 atom stereocenters. The van der Waals surface area contributed by atoms with Crippen molar-refractivity contribution in [2.45, 2.75) is 78.0 Å². The molecule has 2 aliphatic rings. The number of benzene rings is 2. The molecule has 4 rings (SSSR count). The van der Waals surface area contributed by atoms with Gasteiger partial charge in [-0.2, -0.15) is 0 Å². The third-order valence-corrected chi connectivity index (χ3v) is 7.21. The summed E-state index contributed by atoms with van der Waals surface area (Å²) < 4.78 is 11.3. The van der Waals surface area contributed by atoms with Crippen LogP contribution in [0, 0.1) is 11.3 Å². The maximum Gasteiger partial charge on any atom is 0.506 e. The highest BCUT2D eigenvalue weighted by Crippen LogP contribution is 2.39. The Morgan fingerprint density at radius 3 is 2.44 bits per heavy atom. The number of ether oxygens (including phenoxy) is 2. The lowest BCUT2D eigenvalue weighted by Gasteiger charge is -2.37. The summed E-state index contributed by atoms with van der Waals surface area (Å²) in [5.74, 6) is 1.76. The molecule has 1 saturated carbocycles. The number of likely N-dealkylation sites (tertiary alicyclic amines) is 1. The average Bonchev–Trinajstić information content (AvgIpc) is 2.73. The van der Waals surface area contributed by atoms with Crippen LogP contribution in [0.3, 0.4) is 0 Å². The first kappa shape index (κ1) is 22.9. The summed E-state index contributed by atoms with van der Waals surface area (Å²) in [5.41, 5.74) is 1.63. The predicted octanol–water partition coefficient (Wildman–Crippen LogP) is 6.48. The number of carbonyl (C=O) groups is 1. The van der Waals surface area contributed by atoms with Crippen LogP contribution in [0.5, 0.6) is 5.75 Å². The second-order valence-corrected chi connectivity index (χ2v) is 10.7. The second kappa shape index (κ2) is 9.70. The molecule has 2 aromatic rings. The van der Waals surface area contributed by atoms with Crippen molar-refractivity contribution in [3.05, 3.63) is 42.0 Å². The summed E-state index contributed by atoms with van der Waals surface area (Å²) in [6.45, 7) is 9.50. The van der Waals surface area contributed by atoms with Crippen LogP contribution in [0.2, 0.25) is 0 Å². The van der Waals surface area contributed by atoms with Crippen LogP contribution in [-0.4, -0.2) is 41.5 Å². The van der Waals surface area contributed by atoms with E-state index in [1.54, 1.807) is 0 Å². The molecule has 174 valence electrons. The van der Waals surface area contributed by atoms with Gasteiger partial charge in [0, 0.05) is 13.1 Å². The lowest BCUT2D eigenvalue weighted by Crippen LogP contribution is -2.39. The van der Waals surface area contributed by atoms with E-state index in [-0.39, 0.29) is 6.10 Å². The Bertz CT molecular complexity index is 927. The van der Waals surface area contributed by atoms with Gasteiger partial charge in [0.2, 0.25) is 0 Å². The summed E-state index contributed by atoms with van der Waals surface area (Å²) >= 11 is 0. The van der Waals surface area contributed by atoms with E-state index in [0.717, 1.165) is 50.4 Å². The van der Waals surface area contributed by atoms with Gasteiger partial charge in [-0.3, -0.25) is 4.90 Å². The topological polar surface area (TPSA) is 59.0 Å². The van der Waals surface area contributed by atoms with Crippen molar-refractivity contribution < 1.29 is 19.4 Å². The quantitative estimate of drug-likeness (QED) is 0.540. The minimum Gasteiger partial charge on any atom is -0.490 e. The molecule has 32 heavy (non-hydrogen) atoms. The molecular weight excluding hydrogens is 402 g/mol. The van der Waals surface area contributed by atoms with E-state index in [4.69, 9.17) is 14.6 Å². The smallest absolute Gasteiger partial charge is 0.490 e. The number of hydrogen-bond donors (Lipinski definition) is 1. The molecule has 1 heterocycles. The number of rotatable bonds is 5. The van der Waals surface area contributed by atoms with Crippen LogP contribution >= 0.6 is 0 Å². The highest BCUT2D eigenvalue weighted by molar-refractivity contribution is 5.84. The van der Waals surface area contributed by atoms with E-state index in [1.807, 2.05) is 0 Å². The van der Waals surface area contributed by atoms with Crippen LogP contribution in [0.1, 0.15) is 64.9 Å². The maximum absolute atomic E-state index is 10.8. The van der Waals surface area contributed by atoms with Gasteiger partial charge in [0.15, 0.2) is 0 Å². The zero-order chi connectivity index (χ0) is 22.7. The fourth-order valence-corrected chi connectivity index (χ4v) is 5.34. The summed E-state index contributed by atoms with van der Waals surface area (Å²) in [6, 6.07) is 13.0.